The summed E-state index contributed by atoms with van der Waals surface area (Å²) >= 11 is 3.66. The van der Waals surface area contributed by atoms with Crippen LogP contribution in [-0.4, -0.2) is 17.1 Å². The minimum Gasteiger partial charge on any atom is -0.480 e. The fourth-order valence-corrected chi connectivity index (χ4v) is 2.18. The average Bonchev–Trinajstić information content (AvgIpc) is 2.40. The number of ether oxygens (including phenoxy) is 1. The minimum atomic E-state index is 0.241. The van der Waals surface area contributed by atoms with E-state index in [0.717, 1.165) is 12.1 Å². The van der Waals surface area contributed by atoms with Gasteiger partial charge in [0.25, 0.3) is 0 Å². The fraction of sp³-hybridized carbons (Fsp3) is 0.231. The van der Waals surface area contributed by atoms with Crippen molar-refractivity contribution in [1.82, 2.24) is 9.97 Å². The van der Waals surface area contributed by atoms with E-state index in [1.807, 2.05) is 18.2 Å². The average molecular weight is 293 g/mol. The molecule has 2 aromatic rings. The number of nitrogens with zero attached hydrogens (tertiary/aromatic N) is 2. The van der Waals surface area contributed by atoms with Crippen molar-refractivity contribution < 1.29 is 4.74 Å². The van der Waals surface area contributed by atoms with E-state index in [1.54, 1.807) is 19.5 Å². The van der Waals surface area contributed by atoms with E-state index in [-0.39, 0.29) is 4.83 Å². The van der Waals surface area contributed by atoms with Gasteiger partial charge >= 0.3 is 0 Å². The van der Waals surface area contributed by atoms with Gasteiger partial charge in [-0.15, -0.1) is 0 Å². The van der Waals surface area contributed by atoms with Crippen molar-refractivity contribution in [2.75, 3.05) is 7.11 Å². The fourth-order valence-electron chi connectivity index (χ4n) is 1.55. The minimum absolute atomic E-state index is 0.241. The van der Waals surface area contributed by atoms with Gasteiger partial charge in [0.2, 0.25) is 5.88 Å². The van der Waals surface area contributed by atoms with Crippen LogP contribution in [-0.2, 0) is 6.42 Å². The molecule has 88 valence electrons. The van der Waals surface area contributed by atoms with Crippen LogP contribution in [0.15, 0.2) is 42.7 Å². The lowest BCUT2D eigenvalue weighted by molar-refractivity contribution is 0.394. The molecule has 1 aromatic heterocycles. The van der Waals surface area contributed by atoms with Gasteiger partial charge in [-0.2, -0.15) is 0 Å². The Morgan fingerprint density at radius 3 is 2.71 bits per heavy atom. The van der Waals surface area contributed by atoms with Crippen molar-refractivity contribution in [2.24, 2.45) is 0 Å². The zero-order valence-electron chi connectivity index (χ0n) is 9.51. The third kappa shape index (κ3) is 3.27. The predicted molar refractivity (Wildman–Crippen MR) is 70.4 cm³/mol. The number of alkyl halides is 1. The molecule has 0 aliphatic rings. The van der Waals surface area contributed by atoms with Crippen molar-refractivity contribution in [2.45, 2.75) is 11.2 Å². The molecule has 1 aromatic carbocycles. The second kappa shape index (κ2) is 5.77. The van der Waals surface area contributed by atoms with Gasteiger partial charge in [0.15, 0.2) is 0 Å². The summed E-state index contributed by atoms with van der Waals surface area (Å²) in [5, 5.41) is 0. The van der Waals surface area contributed by atoms with Crippen molar-refractivity contribution in [3.8, 4) is 5.88 Å². The lowest BCUT2D eigenvalue weighted by Gasteiger charge is -2.09. The third-order valence-corrected chi connectivity index (χ3v) is 3.27. The second-order valence-corrected chi connectivity index (χ2v) is 4.74. The standard InChI is InChI=1S/C13H13BrN2O/c1-17-13-9-15-8-11(16-13)7-12(14)10-5-3-2-4-6-10/h2-6,8-9,12H,7H2,1H3. The quantitative estimate of drug-likeness (QED) is 0.812. The van der Waals surface area contributed by atoms with E-state index in [9.17, 15) is 0 Å². The highest BCUT2D eigenvalue weighted by atomic mass is 79.9. The molecule has 1 unspecified atom stereocenters. The van der Waals surface area contributed by atoms with Crippen LogP contribution in [0, 0.1) is 0 Å². The normalized spacial score (nSPS) is 12.1. The molecule has 17 heavy (non-hydrogen) atoms. The third-order valence-electron chi connectivity index (χ3n) is 2.42. The van der Waals surface area contributed by atoms with Crippen LogP contribution < -0.4 is 4.74 Å². The van der Waals surface area contributed by atoms with Crippen molar-refractivity contribution in [3.63, 3.8) is 0 Å². The molecule has 0 N–H and O–H groups in total. The molecule has 0 fully saturated rings. The number of hydrogen-bond acceptors (Lipinski definition) is 3. The SMILES string of the molecule is COc1cncc(CC(Br)c2ccccc2)n1. The van der Waals surface area contributed by atoms with Crippen LogP contribution in [0.1, 0.15) is 16.1 Å². The summed E-state index contributed by atoms with van der Waals surface area (Å²) in [5.74, 6) is 0.551. The van der Waals surface area contributed by atoms with Crippen molar-refractivity contribution in [3.05, 3.63) is 54.0 Å². The summed E-state index contributed by atoms with van der Waals surface area (Å²) < 4.78 is 5.05. The molecule has 0 radical (unpaired) electrons. The van der Waals surface area contributed by atoms with E-state index in [1.165, 1.54) is 5.56 Å². The number of aromatic nitrogens is 2. The van der Waals surface area contributed by atoms with E-state index in [0.29, 0.717) is 5.88 Å². The van der Waals surface area contributed by atoms with Gasteiger partial charge in [-0.25, -0.2) is 4.98 Å². The summed E-state index contributed by atoms with van der Waals surface area (Å²) in [4.78, 5) is 8.68. The zero-order chi connectivity index (χ0) is 12.1. The predicted octanol–water partition coefficient (Wildman–Crippen LogP) is 3.16. The highest BCUT2D eigenvalue weighted by Crippen LogP contribution is 2.26. The number of hydrogen-bond donors (Lipinski definition) is 0. The highest BCUT2D eigenvalue weighted by Gasteiger charge is 2.09. The van der Waals surface area contributed by atoms with Gasteiger partial charge in [0.05, 0.1) is 19.0 Å². The molecule has 2 rings (SSSR count). The maximum atomic E-state index is 5.05. The van der Waals surface area contributed by atoms with E-state index in [2.05, 4.69) is 38.0 Å². The number of methoxy groups -OCH3 is 1. The van der Waals surface area contributed by atoms with Crippen LogP contribution in [0.2, 0.25) is 0 Å². The monoisotopic (exact) mass is 292 g/mol. The molecule has 3 nitrogen and oxygen atoms in total. The maximum Gasteiger partial charge on any atom is 0.232 e. The molecule has 0 aliphatic heterocycles. The first-order valence-corrected chi connectivity index (χ1v) is 6.25. The van der Waals surface area contributed by atoms with Crippen LogP contribution in [0.5, 0.6) is 5.88 Å². The summed E-state index contributed by atoms with van der Waals surface area (Å²) in [5.41, 5.74) is 2.15. The van der Waals surface area contributed by atoms with Crippen LogP contribution in [0.4, 0.5) is 0 Å². The molecule has 0 bridgehead atoms. The van der Waals surface area contributed by atoms with Crippen LogP contribution in [0.25, 0.3) is 0 Å². The van der Waals surface area contributed by atoms with Crippen molar-refractivity contribution >= 4 is 15.9 Å². The van der Waals surface area contributed by atoms with Crippen LogP contribution >= 0.6 is 15.9 Å². The van der Waals surface area contributed by atoms with Crippen LogP contribution in [0.3, 0.4) is 0 Å². The van der Waals surface area contributed by atoms with E-state index in [4.69, 9.17) is 4.74 Å². The molecule has 0 saturated carbocycles. The van der Waals surface area contributed by atoms with E-state index >= 15 is 0 Å². The number of halogens is 1. The molecular weight excluding hydrogens is 280 g/mol. The summed E-state index contributed by atoms with van der Waals surface area (Å²) in [6.45, 7) is 0. The molecule has 0 saturated heterocycles. The zero-order valence-corrected chi connectivity index (χ0v) is 11.1. The molecular formula is C13H13BrN2O. The van der Waals surface area contributed by atoms with Gasteiger partial charge < -0.3 is 4.74 Å². The second-order valence-electron chi connectivity index (χ2n) is 3.64. The van der Waals surface area contributed by atoms with E-state index < -0.39 is 0 Å². The molecule has 4 heteroatoms. The Balaban J connectivity index is 2.10. The maximum absolute atomic E-state index is 5.05. The first-order valence-electron chi connectivity index (χ1n) is 5.33. The first kappa shape index (κ1) is 12.0. The topological polar surface area (TPSA) is 35.0 Å². The Morgan fingerprint density at radius 2 is 2.00 bits per heavy atom. The summed E-state index contributed by atoms with van der Waals surface area (Å²) in [6, 6.07) is 10.2. The Morgan fingerprint density at radius 1 is 1.24 bits per heavy atom. The summed E-state index contributed by atoms with van der Waals surface area (Å²) in [6.07, 6.45) is 4.16. The Labute approximate surface area is 109 Å². The van der Waals surface area contributed by atoms with Gasteiger partial charge in [-0.3, -0.25) is 4.98 Å². The van der Waals surface area contributed by atoms with Crippen molar-refractivity contribution in [1.29, 1.82) is 0 Å². The molecule has 0 spiro atoms. The lowest BCUT2D eigenvalue weighted by Crippen LogP contribution is -2.00. The number of rotatable bonds is 4. The Hall–Kier alpha value is -1.42. The molecule has 0 aliphatic carbocycles. The summed E-state index contributed by atoms with van der Waals surface area (Å²) in [7, 11) is 1.59. The van der Waals surface area contributed by atoms with Gasteiger partial charge in [-0.1, -0.05) is 46.3 Å². The lowest BCUT2D eigenvalue weighted by atomic mass is 10.1. The molecule has 1 heterocycles. The Bertz CT molecular complexity index is 476. The van der Waals surface area contributed by atoms with Gasteiger partial charge in [0.1, 0.15) is 0 Å². The first-order chi connectivity index (χ1) is 8.29. The number of benzene rings is 1. The van der Waals surface area contributed by atoms with Gasteiger partial charge in [-0.05, 0) is 5.56 Å². The molecule has 1 atom stereocenters. The van der Waals surface area contributed by atoms with Gasteiger partial charge in [0, 0.05) is 17.4 Å². The molecule has 0 amide bonds. The Kier molecular flexibility index (Phi) is 4.09. The smallest absolute Gasteiger partial charge is 0.232 e. The highest BCUT2D eigenvalue weighted by molar-refractivity contribution is 9.09. The largest absolute Gasteiger partial charge is 0.480 e.